The van der Waals surface area contributed by atoms with Gasteiger partial charge in [-0.2, -0.15) is 4.91 Å². The van der Waals surface area contributed by atoms with Gasteiger partial charge in [0, 0.05) is 4.43 Å². The second-order valence-electron chi connectivity index (χ2n) is 0.895. The smallest absolute Gasteiger partial charge is 0.0818 e. The SMILES string of the molecule is O=NCCCI. The maximum atomic E-state index is 9.31. The summed E-state index contributed by atoms with van der Waals surface area (Å²) in [6.07, 6.45) is 0.921. The summed E-state index contributed by atoms with van der Waals surface area (Å²) in [5.74, 6) is 0. The van der Waals surface area contributed by atoms with Gasteiger partial charge in [0.1, 0.15) is 0 Å². The Labute approximate surface area is 50.4 Å². The molecule has 0 fully saturated rings. The van der Waals surface area contributed by atoms with Crippen molar-refractivity contribution in [2.75, 3.05) is 11.0 Å². The largest absolute Gasteiger partial charge is 0.151 e. The Balaban J connectivity index is 2.49. The van der Waals surface area contributed by atoms with Crippen LogP contribution in [0.15, 0.2) is 5.18 Å². The molecule has 36 valence electrons. The maximum absolute atomic E-state index is 9.31. The molecule has 0 aromatic rings. The summed E-state index contributed by atoms with van der Waals surface area (Å²) in [5, 5.41) is 2.67. The van der Waals surface area contributed by atoms with Crippen molar-refractivity contribution in [2.24, 2.45) is 5.18 Å². The molecule has 0 unspecified atom stereocenters. The Morgan fingerprint density at radius 2 is 2.33 bits per heavy atom. The van der Waals surface area contributed by atoms with E-state index >= 15 is 0 Å². The van der Waals surface area contributed by atoms with Crippen LogP contribution in [0.1, 0.15) is 6.42 Å². The number of nitroso groups, excluding NO2 is 1. The summed E-state index contributed by atoms with van der Waals surface area (Å²) in [4.78, 5) is 9.31. The van der Waals surface area contributed by atoms with E-state index in [9.17, 15) is 4.91 Å². The zero-order chi connectivity index (χ0) is 4.83. The normalized spacial score (nSPS) is 8.17. The van der Waals surface area contributed by atoms with Gasteiger partial charge in [-0.25, -0.2) is 0 Å². The monoisotopic (exact) mass is 199 g/mol. The van der Waals surface area contributed by atoms with E-state index < -0.39 is 0 Å². The highest BCUT2D eigenvalue weighted by molar-refractivity contribution is 14.1. The average molecular weight is 199 g/mol. The summed E-state index contributed by atoms with van der Waals surface area (Å²) < 4.78 is 1.03. The van der Waals surface area contributed by atoms with E-state index in [4.69, 9.17) is 0 Å². The van der Waals surface area contributed by atoms with Gasteiger partial charge in [0.2, 0.25) is 0 Å². The highest BCUT2D eigenvalue weighted by Crippen LogP contribution is 1.86. The first kappa shape index (κ1) is 6.33. The summed E-state index contributed by atoms with van der Waals surface area (Å²) in [6, 6.07) is 0. The molecule has 0 aliphatic carbocycles. The van der Waals surface area contributed by atoms with Crippen LogP contribution in [0.5, 0.6) is 0 Å². The van der Waals surface area contributed by atoms with Gasteiger partial charge in [-0.1, -0.05) is 27.8 Å². The van der Waals surface area contributed by atoms with Gasteiger partial charge in [0.05, 0.1) is 6.54 Å². The van der Waals surface area contributed by atoms with Crippen molar-refractivity contribution in [2.45, 2.75) is 6.42 Å². The zero-order valence-corrected chi connectivity index (χ0v) is 5.51. The van der Waals surface area contributed by atoms with Gasteiger partial charge in [-0.15, -0.1) is 0 Å². The third kappa shape index (κ3) is 4.33. The Hall–Kier alpha value is 0.330. The summed E-state index contributed by atoms with van der Waals surface area (Å²) in [7, 11) is 0. The zero-order valence-electron chi connectivity index (χ0n) is 3.35. The van der Waals surface area contributed by atoms with Gasteiger partial charge in [-0.05, 0) is 6.42 Å². The Morgan fingerprint density at radius 3 is 2.50 bits per heavy atom. The van der Waals surface area contributed by atoms with E-state index in [2.05, 4.69) is 27.8 Å². The summed E-state index contributed by atoms with van der Waals surface area (Å²) in [6.45, 7) is 0.475. The lowest BCUT2D eigenvalue weighted by atomic mass is 10.5. The van der Waals surface area contributed by atoms with Gasteiger partial charge in [-0.3, -0.25) is 0 Å². The minimum atomic E-state index is 0.475. The summed E-state index contributed by atoms with van der Waals surface area (Å²) >= 11 is 2.21. The van der Waals surface area contributed by atoms with Crippen LogP contribution < -0.4 is 0 Å². The van der Waals surface area contributed by atoms with Gasteiger partial charge in [0.25, 0.3) is 0 Å². The van der Waals surface area contributed by atoms with Crippen molar-refractivity contribution in [3.63, 3.8) is 0 Å². The van der Waals surface area contributed by atoms with Crippen molar-refractivity contribution < 1.29 is 0 Å². The molecule has 0 amide bonds. The van der Waals surface area contributed by atoms with Crippen molar-refractivity contribution in [1.29, 1.82) is 0 Å². The molecule has 0 saturated carbocycles. The molecule has 0 spiro atoms. The van der Waals surface area contributed by atoms with E-state index in [0.717, 1.165) is 10.8 Å². The van der Waals surface area contributed by atoms with Gasteiger partial charge >= 0.3 is 0 Å². The van der Waals surface area contributed by atoms with Crippen LogP contribution in [-0.4, -0.2) is 11.0 Å². The van der Waals surface area contributed by atoms with Crippen LogP contribution in [0.2, 0.25) is 0 Å². The lowest BCUT2D eigenvalue weighted by Gasteiger charge is -1.76. The first-order valence-electron chi connectivity index (χ1n) is 1.77. The molecule has 3 heteroatoms. The predicted octanol–water partition coefficient (Wildman–Crippen LogP) is 1.58. The third-order valence-corrected chi connectivity index (χ3v) is 1.15. The van der Waals surface area contributed by atoms with Gasteiger partial charge < -0.3 is 0 Å². The predicted molar refractivity (Wildman–Crippen MR) is 34.2 cm³/mol. The van der Waals surface area contributed by atoms with Crippen LogP contribution in [0, 0.1) is 4.91 Å². The first-order chi connectivity index (χ1) is 2.91. The Bertz CT molecular complexity index is 39.8. The van der Waals surface area contributed by atoms with E-state index in [-0.39, 0.29) is 0 Å². The minimum Gasteiger partial charge on any atom is -0.151 e. The molecule has 0 aromatic heterocycles. The number of rotatable bonds is 3. The molecular weight excluding hydrogens is 193 g/mol. The molecule has 0 heterocycles. The fourth-order valence-corrected chi connectivity index (χ4v) is 0.465. The number of halogens is 1. The van der Waals surface area contributed by atoms with Crippen LogP contribution in [-0.2, 0) is 0 Å². The second-order valence-corrected chi connectivity index (χ2v) is 1.97. The molecule has 0 aliphatic rings. The molecule has 2 nitrogen and oxygen atoms in total. The molecule has 0 rings (SSSR count). The molecular formula is C3H6INO. The molecule has 0 bridgehead atoms. The third-order valence-electron chi connectivity index (χ3n) is 0.383. The number of hydrogen-bond acceptors (Lipinski definition) is 2. The van der Waals surface area contributed by atoms with Crippen LogP contribution in [0.4, 0.5) is 0 Å². The first-order valence-corrected chi connectivity index (χ1v) is 3.29. The van der Waals surface area contributed by atoms with E-state index in [0.29, 0.717) is 6.54 Å². The molecule has 0 radical (unpaired) electrons. The Kier molecular flexibility index (Phi) is 5.62. The van der Waals surface area contributed by atoms with Crippen LogP contribution >= 0.6 is 22.6 Å². The van der Waals surface area contributed by atoms with Crippen molar-refractivity contribution in [1.82, 2.24) is 0 Å². The molecule has 0 aliphatic heterocycles. The molecule has 6 heavy (non-hydrogen) atoms. The number of hydrogen-bond donors (Lipinski definition) is 0. The highest BCUT2D eigenvalue weighted by atomic mass is 127. The maximum Gasteiger partial charge on any atom is 0.0818 e. The fraction of sp³-hybridized carbons (Fsp3) is 1.00. The second kappa shape index (κ2) is 5.33. The van der Waals surface area contributed by atoms with E-state index in [1.165, 1.54) is 0 Å². The van der Waals surface area contributed by atoms with E-state index in [1.807, 2.05) is 0 Å². The average Bonchev–Trinajstić information content (AvgIpc) is 1.61. The molecule has 0 saturated heterocycles. The lowest BCUT2D eigenvalue weighted by Crippen LogP contribution is -1.76. The van der Waals surface area contributed by atoms with Crippen LogP contribution in [0.3, 0.4) is 0 Å². The van der Waals surface area contributed by atoms with Crippen LogP contribution in [0.25, 0.3) is 0 Å². The topological polar surface area (TPSA) is 29.4 Å². The lowest BCUT2D eigenvalue weighted by molar-refractivity contribution is 0.947. The van der Waals surface area contributed by atoms with Crippen molar-refractivity contribution in [3.05, 3.63) is 4.91 Å². The summed E-state index contributed by atoms with van der Waals surface area (Å²) in [5.41, 5.74) is 0. The van der Waals surface area contributed by atoms with Gasteiger partial charge in [0.15, 0.2) is 0 Å². The molecule has 0 aromatic carbocycles. The van der Waals surface area contributed by atoms with Crippen molar-refractivity contribution >= 4 is 22.6 Å². The standard InChI is InChI=1S/C3H6INO/c4-2-1-3-5-6/h1-3H2. The number of alkyl halides is 1. The minimum absolute atomic E-state index is 0.475. The molecule has 0 N–H and O–H groups in total. The Morgan fingerprint density at radius 1 is 1.67 bits per heavy atom. The fourth-order valence-electron chi connectivity index (χ4n) is 0.124. The van der Waals surface area contributed by atoms with Crippen molar-refractivity contribution in [3.8, 4) is 0 Å². The quantitative estimate of drug-likeness (QED) is 0.293. The number of nitrogens with zero attached hydrogens (tertiary/aromatic N) is 1. The van der Waals surface area contributed by atoms with E-state index in [1.54, 1.807) is 0 Å². The highest BCUT2D eigenvalue weighted by Gasteiger charge is 1.76. The molecule has 0 atom stereocenters.